The fraction of sp³-hybridized carbons (Fsp3) is 0.211. The number of ether oxygens (including phenoxy) is 1. The Morgan fingerprint density at radius 3 is 2.15 bits per heavy atom. The number of rotatable bonds is 6. The van der Waals surface area contributed by atoms with Gasteiger partial charge >= 0.3 is 11.9 Å². The van der Waals surface area contributed by atoms with Gasteiger partial charge in [0, 0.05) is 5.56 Å². The van der Waals surface area contributed by atoms with E-state index < -0.39 is 32.9 Å². The topological polar surface area (TPSA) is 107 Å². The van der Waals surface area contributed by atoms with Gasteiger partial charge in [0.25, 0.3) is 0 Å². The molecular weight excluding hydrogens is 370 g/mol. The second-order valence-corrected chi connectivity index (χ2v) is 7.70. The van der Waals surface area contributed by atoms with Gasteiger partial charge in [0.1, 0.15) is 0 Å². The fourth-order valence-electron chi connectivity index (χ4n) is 2.28. The zero-order valence-electron chi connectivity index (χ0n) is 14.8. The standard InChI is InChI=1S/C19H19NO6S/c1-3-26-19(23)17(22)20-18(16(21)14-7-5-4-6-8-14)27(24,25)15-11-9-13(2)10-12-15/h4-12,18H,3H2,1-2H3,(H,20,22)/t18-/m0/s1. The molecule has 1 N–H and O–H groups in total. The van der Waals surface area contributed by atoms with Crippen LogP contribution < -0.4 is 5.32 Å². The van der Waals surface area contributed by atoms with E-state index in [2.05, 4.69) is 4.74 Å². The van der Waals surface area contributed by atoms with Gasteiger partial charge in [0.2, 0.25) is 15.6 Å². The van der Waals surface area contributed by atoms with Crippen molar-refractivity contribution in [3.8, 4) is 0 Å². The molecule has 142 valence electrons. The SMILES string of the molecule is CCOC(=O)C(=O)N[C@H](C(=O)c1ccccc1)S(=O)(=O)c1ccc(C)cc1. The number of hydrogen-bond donors (Lipinski definition) is 1. The van der Waals surface area contributed by atoms with Crippen LogP contribution in [0.3, 0.4) is 0 Å². The van der Waals surface area contributed by atoms with Crippen LogP contribution in [0.4, 0.5) is 0 Å². The number of aryl methyl sites for hydroxylation is 1. The lowest BCUT2D eigenvalue weighted by atomic mass is 10.1. The zero-order valence-corrected chi connectivity index (χ0v) is 15.7. The maximum absolute atomic E-state index is 13.0. The molecule has 0 fully saturated rings. The fourth-order valence-corrected chi connectivity index (χ4v) is 3.74. The first-order valence-corrected chi connectivity index (χ1v) is 9.69. The van der Waals surface area contributed by atoms with Crippen LogP contribution in [0.5, 0.6) is 0 Å². The van der Waals surface area contributed by atoms with Crippen LogP contribution in [0.2, 0.25) is 0 Å². The number of carbonyl (C=O) groups excluding carboxylic acids is 3. The Kier molecular flexibility index (Phi) is 6.46. The van der Waals surface area contributed by atoms with Gasteiger partial charge in [0.15, 0.2) is 5.37 Å². The first-order chi connectivity index (χ1) is 12.8. The summed E-state index contributed by atoms with van der Waals surface area (Å²) in [5, 5.41) is 0.0435. The molecule has 27 heavy (non-hydrogen) atoms. The molecule has 0 aliphatic rings. The van der Waals surface area contributed by atoms with Gasteiger partial charge in [-0.3, -0.25) is 9.59 Å². The van der Waals surface area contributed by atoms with Crippen LogP contribution in [-0.4, -0.2) is 38.1 Å². The molecule has 0 radical (unpaired) electrons. The second-order valence-electron chi connectivity index (χ2n) is 5.66. The number of benzene rings is 2. The summed E-state index contributed by atoms with van der Waals surface area (Å²) in [6.07, 6.45) is 0. The van der Waals surface area contributed by atoms with Crippen LogP contribution in [0.15, 0.2) is 59.5 Å². The van der Waals surface area contributed by atoms with Crippen molar-refractivity contribution in [3.63, 3.8) is 0 Å². The molecule has 0 unspecified atom stereocenters. The van der Waals surface area contributed by atoms with Gasteiger partial charge in [-0.2, -0.15) is 0 Å². The van der Waals surface area contributed by atoms with Crippen molar-refractivity contribution in [2.75, 3.05) is 6.61 Å². The Morgan fingerprint density at radius 2 is 1.59 bits per heavy atom. The second kappa shape index (κ2) is 8.59. The van der Waals surface area contributed by atoms with Crippen molar-refractivity contribution >= 4 is 27.5 Å². The molecule has 0 bridgehead atoms. The lowest BCUT2D eigenvalue weighted by Crippen LogP contribution is -2.49. The molecule has 0 spiro atoms. The van der Waals surface area contributed by atoms with Crippen LogP contribution in [0.25, 0.3) is 0 Å². The first-order valence-electron chi connectivity index (χ1n) is 8.14. The van der Waals surface area contributed by atoms with Crippen LogP contribution >= 0.6 is 0 Å². The maximum atomic E-state index is 13.0. The van der Waals surface area contributed by atoms with Gasteiger partial charge in [-0.15, -0.1) is 0 Å². The predicted octanol–water partition coefficient (Wildman–Crippen LogP) is 1.66. The number of ketones is 1. The van der Waals surface area contributed by atoms with Crippen LogP contribution in [0, 0.1) is 6.92 Å². The van der Waals surface area contributed by atoms with Gasteiger partial charge < -0.3 is 10.1 Å². The Morgan fingerprint density at radius 1 is 1.00 bits per heavy atom. The van der Waals surface area contributed by atoms with Gasteiger partial charge in [-0.05, 0) is 26.0 Å². The highest BCUT2D eigenvalue weighted by molar-refractivity contribution is 7.92. The summed E-state index contributed by atoms with van der Waals surface area (Å²) in [5.74, 6) is -3.42. The van der Waals surface area contributed by atoms with Gasteiger partial charge in [-0.1, -0.05) is 48.0 Å². The van der Waals surface area contributed by atoms with E-state index in [9.17, 15) is 22.8 Å². The Balaban J connectivity index is 2.45. The van der Waals surface area contributed by atoms with Crippen molar-refractivity contribution in [2.24, 2.45) is 0 Å². The van der Waals surface area contributed by atoms with E-state index in [0.29, 0.717) is 0 Å². The summed E-state index contributed by atoms with van der Waals surface area (Å²) in [6.45, 7) is 3.22. The number of hydrogen-bond acceptors (Lipinski definition) is 6. The molecule has 7 nitrogen and oxygen atoms in total. The predicted molar refractivity (Wildman–Crippen MR) is 97.7 cm³/mol. The highest BCUT2D eigenvalue weighted by Crippen LogP contribution is 2.19. The molecule has 2 aromatic rings. The molecule has 0 saturated heterocycles. The number of nitrogens with one attached hydrogen (secondary N) is 1. The summed E-state index contributed by atoms with van der Waals surface area (Å²) in [7, 11) is -4.30. The molecule has 2 aromatic carbocycles. The Bertz CT molecular complexity index is 936. The summed E-state index contributed by atoms with van der Waals surface area (Å²) in [4.78, 5) is 36.3. The van der Waals surface area contributed by atoms with E-state index in [1.165, 1.54) is 31.2 Å². The molecule has 0 aromatic heterocycles. The number of sulfone groups is 1. The smallest absolute Gasteiger partial charge is 0.396 e. The lowest BCUT2D eigenvalue weighted by Gasteiger charge is -2.18. The zero-order chi connectivity index (χ0) is 20.0. The monoisotopic (exact) mass is 389 g/mol. The minimum atomic E-state index is -4.30. The van der Waals surface area contributed by atoms with Crippen molar-refractivity contribution in [1.82, 2.24) is 5.32 Å². The molecule has 0 aliphatic heterocycles. The normalized spacial score (nSPS) is 12.1. The number of carbonyl (C=O) groups is 3. The third-order valence-corrected chi connectivity index (χ3v) is 5.56. The molecular formula is C19H19NO6S. The molecule has 1 atom stereocenters. The van der Waals surface area contributed by atoms with Crippen molar-refractivity contribution in [2.45, 2.75) is 24.1 Å². The van der Waals surface area contributed by atoms with Gasteiger partial charge in [-0.25, -0.2) is 13.2 Å². The summed E-state index contributed by atoms with van der Waals surface area (Å²) >= 11 is 0. The number of Topliss-reactive ketones (excluding diaryl/α,β-unsaturated/α-hetero) is 1. The van der Waals surface area contributed by atoms with Crippen molar-refractivity contribution < 1.29 is 27.5 Å². The highest BCUT2D eigenvalue weighted by atomic mass is 32.2. The van der Waals surface area contributed by atoms with E-state index in [4.69, 9.17) is 0 Å². The molecule has 0 saturated carbocycles. The summed E-state index contributed by atoms with van der Waals surface area (Å²) in [5.41, 5.74) is 0.915. The van der Waals surface area contributed by atoms with Crippen molar-refractivity contribution in [1.29, 1.82) is 0 Å². The minimum absolute atomic E-state index is 0.0612. The van der Waals surface area contributed by atoms with E-state index in [1.54, 1.807) is 37.3 Å². The van der Waals surface area contributed by atoms with E-state index in [1.807, 2.05) is 5.32 Å². The van der Waals surface area contributed by atoms with Crippen molar-refractivity contribution in [3.05, 3.63) is 65.7 Å². The average Bonchev–Trinajstić information content (AvgIpc) is 2.66. The third kappa shape index (κ3) is 4.79. The van der Waals surface area contributed by atoms with Gasteiger partial charge in [0.05, 0.1) is 11.5 Å². The van der Waals surface area contributed by atoms with E-state index >= 15 is 0 Å². The minimum Gasteiger partial charge on any atom is -0.459 e. The average molecular weight is 389 g/mol. The first kappa shape index (κ1) is 20.3. The van der Waals surface area contributed by atoms with E-state index in [-0.39, 0.29) is 17.1 Å². The maximum Gasteiger partial charge on any atom is 0.396 e. The third-order valence-electron chi connectivity index (χ3n) is 3.68. The van der Waals surface area contributed by atoms with E-state index in [0.717, 1.165) is 5.56 Å². The largest absolute Gasteiger partial charge is 0.459 e. The van der Waals surface area contributed by atoms with Crippen LogP contribution in [-0.2, 0) is 24.2 Å². The summed E-state index contributed by atoms with van der Waals surface area (Å²) < 4.78 is 30.5. The molecule has 0 aliphatic carbocycles. The molecule has 1 amide bonds. The molecule has 0 heterocycles. The lowest BCUT2D eigenvalue weighted by molar-refractivity contribution is -0.154. The molecule has 8 heteroatoms. The van der Waals surface area contributed by atoms with Crippen LogP contribution in [0.1, 0.15) is 22.8 Å². The number of amides is 1. The quantitative estimate of drug-likeness (QED) is 0.457. The summed E-state index contributed by atoms with van der Waals surface area (Å²) in [6, 6.07) is 13.5. The Labute approximate surface area is 157 Å². The number of esters is 1. The molecule has 2 rings (SSSR count). The highest BCUT2D eigenvalue weighted by Gasteiger charge is 2.37. The Hall–Kier alpha value is -3.00.